The van der Waals surface area contributed by atoms with E-state index in [2.05, 4.69) is 140 Å². The Morgan fingerprint density at radius 3 is 2.03 bits per heavy atom. The summed E-state index contributed by atoms with van der Waals surface area (Å²) in [5.41, 5.74) is 11.9. The van der Waals surface area contributed by atoms with Crippen molar-refractivity contribution >= 4 is 51.8 Å². The summed E-state index contributed by atoms with van der Waals surface area (Å²) in [6.07, 6.45) is 45.5. The van der Waals surface area contributed by atoms with Crippen molar-refractivity contribution in [1.29, 1.82) is 0 Å². The summed E-state index contributed by atoms with van der Waals surface area (Å²) in [5.74, 6) is 3.36. The molecule has 3 atom stereocenters. The maximum atomic E-state index is 6.15. The molecule has 1 nitrogen and oxygen atoms in total. The summed E-state index contributed by atoms with van der Waals surface area (Å²) in [6.45, 7) is 34.1. The van der Waals surface area contributed by atoms with Gasteiger partial charge in [0.1, 0.15) is 0 Å². The number of aryl methyl sites for hydroxylation is 3. The molecule has 2 heterocycles. The molecule has 2 aromatic rings. The van der Waals surface area contributed by atoms with Crippen molar-refractivity contribution in [3.63, 3.8) is 0 Å². The summed E-state index contributed by atoms with van der Waals surface area (Å²) in [4.78, 5) is 8.22. The lowest BCUT2D eigenvalue weighted by Gasteiger charge is -2.12. The molecule has 62 heavy (non-hydrogen) atoms. The van der Waals surface area contributed by atoms with Crippen LogP contribution in [-0.4, -0.2) is 0 Å². The first-order valence-electron chi connectivity index (χ1n) is 23.5. The van der Waals surface area contributed by atoms with E-state index < -0.39 is 0 Å². The number of thioether (sulfide) groups is 2. The highest BCUT2D eigenvalue weighted by molar-refractivity contribution is 8.03. The van der Waals surface area contributed by atoms with Crippen LogP contribution in [0, 0.1) is 31.1 Å². The Labute approximate surface area is 399 Å². The first kappa shape index (κ1) is 58.9. The minimum atomic E-state index is -0.0798. The summed E-state index contributed by atoms with van der Waals surface area (Å²) >= 11 is 7.60. The standard InChI is InChI=1S/C53H73NS4.2C2H6/c1-12-18-20-22-26-49-36-42(10)53(58-49)43(11)56-48(25-15-4)33-31-46(24-14-3)37-44(17-6)28-29-45(34-35-54)30-32-47(41(9)16-5)39-55-51-38-50(27-23-21-19-13-2)57-52(51)40(7)8;2*1-2/h6,14-15,24-25,29-39,41,43-44H,4,7,12-13,16,18-23,26-28,54H2,1-3,5,8-11H3;2*1-2H3/b24-14-,32-30+,33-31+,35-34-,45-29-,46-37+,47-39-,48-25-;;/t41?,43?,44-;;/m1../s1. The van der Waals surface area contributed by atoms with Gasteiger partial charge in [-0.1, -0.05) is 173 Å². The minimum absolute atomic E-state index is 0.0798. The molecule has 342 valence electrons. The topological polar surface area (TPSA) is 26.0 Å². The Morgan fingerprint density at radius 2 is 1.48 bits per heavy atom. The lowest BCUT2D eigenvalue weighted by atomic mass is 9.97. The molecule has 0 aliphatic carbocycles. The van der Waals surface area contributed by atoms with Gasteiger partial charge in [-0.15, -0.1) is 40.9 Å². The predicted octanol–water partition coefficient (Wildman–Crippen LogP) is 19.7. The summed E-state index contributed by atoms with van der Waals surface area (Å²) in [7, 11) is 0. The Morgan fingerprint density at radius 1 is 0.855 bits per heavy atom. The number of hydrogen-bond acceptors (Lipinski definition) is 5. The quantitative estimate of drug-likeness (QED) is 0.0399. The van der Waals surface area contributed by atoms with Crippen LogP contribution >= 0.6 is 46.2 Å². The average Bonchev–Trinajstić information content (AvgIpc) is 3.88. The van der Waals surface area contributed by atoms with Gasteiger partial charge in [-0.3, -0.25) is 0 Å². The fourth-order valence-corrected chi connectivity index (χ4v) is 11.3. The average molecular weight is 913 g/mol. The number of rotatable bonds is 28. The SMILES string of the molecule is C#C[C@@H](/C=C(\C=C/C)/C=C/C(=C/C=C)SC(C)c1sc(CCCCCC)cc1C)C/C=C(\C=C/N)/C=C/C(=C/Sc1cc(CCCCCC)sc1C(=C)C)C(C)CC.CC.CC. The molecular formula is C57H85NS4. The van der Waals surface area contributed by atoms with Crippen LogP contribution in [0.15, 0.2) is 130 Å². The van der Waals surface area contributed by atoms with Crippen molar-refractivity contribution in [3.8, 4) is 12.3 Å². The maximum Gasteiger partial charge on any atom is 0.0435 e. The van der Waals surface area contributed by atoms with Gasteiger partial charge in [-0.25, -0.2) is 0 Å². The Kier molecular flexibility index (Phi) is 35.4. The molecule has 0 spiro atoms. The smallest absolute Gasteiger partial charge is 0.0435 e. The van der Waals surface area contributed by atoms with E-state index in [9.17, 15) is 0 Å². The highest BCUT2D eigenvalue weighted by atomic mass is 32.2. The molecule has 0 radical (unpaired) electrons. The summed E-state index contributed by atoms with van der Waals surface area (Å²) < 4.78 is 0. The molecule has 0 amide bonds. The second kappa shape index (κ2) is 37.3. The number of thiophene rings is 2. The molecule has 2 unspecified atom stereocenters. The van der Waals surface area contributed by atoms with Crippen molar-refractivity contribution in [2.75, 3.05) is 0 Å². The molecule has 0 aromatic carbocycles. The van der Waals surface area contributed by atoms with Gasteiger partial charge in [-0.2, -0.15) is 0 Å². The highest BCUT2D eigenvalue weighted by Crippen LogP contribution is 2.41. The van der Waals surface area contributed by atoms with Crippen molar-refractivity contribution < 1.29 is 0 Å². The van der Waals surface area contributed by atoms with Gasteiger partial charge in [0.05, 0.1) is 0 Å². The van der Waals surface area contributed by atoms with Crippen LogP contribution < -0.4 is 5.73 Å². The molecule has 0 saturated heterocycles. The van der Waals surface area contributed by atoms with Crippen LogP contribution in [0.25, 0.3) is 5.57 Å². The lowest BCUT2D eigenvalue weighted by molar-refractivity contribution is 0.670. The van der Waals surface area contributed by atoms with Gasteiger partial charge >= 0.3 is 0 Å². The minimum Gasteiger partial charge on any atom is -0.405 e. The molecule has 2 rings (SSSR count). The van der Waals surface area contributed by atoms with Crippen LogP contribution in [0.1, 0.15) is 171 Å². The molecule has 2 N–H and O–H groups in total. The third kappa shape index (κ3) is 24.1. The van der Waals surface area contributed by atoms with Gasteiger partial charge in [0.15, 0.2) is 0 Å². The van der Waals surface area contributed by atoms with Gasteiger partial charge < -0.3 is 5.73 Å². The van der Waals surface area contributed by atoms with Crippen LogP contribution in [0.5, 0.6) is 0 Å². The van der Waals surface area contributed by atoms with Crippen LogP contribution in [0.4, 0.5) is 0 Å². The zero-order chi connectivity index (χ0) is 46.7. The number of nitrogens with two attached hydrogens (primary N) is 1. The normalized spacial score (nSPS) is 14.2. The number of hydrogen-bond donors (Lipinski definition) is 1. The van der Waals surface area contributed by atoms with Crippen LogP contribution in [0.3, 0.4) is 0 Å². The maximum absolute atomic E-state index is 6.15. The number of unbranched alkanes of at least 4 members (excludes halogenated alkanes) is 6. The fraction of sp³-hybridized carbons (Fsp3) is 0.474. The zero-order valence-corrected chi connectivity index (χ0v) is 44.3. The number of terminal acetylenes is 1. The third-order valence-electron chi connectivity index (χ3n) is 9.94. The second-order valence-corrected chi connectivity index (χ2v) is 19.7. The van der Waals surface area contributed by atoms with E-state index in [1.54, 1.807) is 6.20 Å². The van der Waals surface area contributed by atoms with Crippen LogP contribution in [0.2, 0.25) is 0 Å². The molecule has 5 heteroatoms. The summed E-state index contributed by atoms with van der Waals surface area (Å²) in [5, 5.41) is 2.68. The molecule has 2 aromatic heterocycles. The summed E-state index contributed by atoms with van der Waals surface area (Å²) in [6, 6.07) is 4.79. The van der Waals surface area contributed by atoms with E-state index in [0.717, 1.165) is 29.6 Å². The van der Waals surface area contributed by atoms with Crippen molar-refractivity contribution in [3.05, 3.63) is 150 Å². The van der Waals surface area contributed by atoms with E-state index in [-0.39, 0.29) is 5.92 Å². The van der Waals surface area contributed by atoms with Gasteiger partial charge in [0.25, 0.3) is 0 Å². The monoisotopic (exact) mass is 912 g/mol. The number of allylic oxidation sites excluding steroid dienone is 15. The van der Waals surface area contributed by atoms with E-state index >= 15 is 0 Å². The highest BCUT2D eigenvalue weighted by Gasteiger charge is 2.15. The van der Waals surface area contributed by atoms with Crippen molar-refractivity contribution in [1.82, 2.24) is 0 Å². The molecule has 0 fully saturated rings. The van der Waals surface area contributed by atoms with Crippen molar-refractivity contribution in [2.24, 2.45) is 17.6 Å². The zero-order valence-electron chi connectivity index (χ0n) is 41.1. The molecule has 0 aliphatic heterocycles. The van der Waals surface area contributed by atoms with Gasteiger partial charge in [0.2, 0.25) is 0 Å². The van der Waals surface area contributed by atoms with Gasteiger partial charge in [-0.05, 0) is 142 Å². The van der Waals surface area contributed by atoms with Gasteiger partial charge in [0, 0.05) is 40.5 Å². The predicted molar refractivity (Wildman–Crippen MR) is 294 cm³/mol. The lowest BCUT2D eigenvalue weighted by Crippen LogP contribution is -1.95. The molecule has 0 aliphatic rings. The van der Waals surface area contributed by atoms with Crippen LogP contribution in [-0.2, 0) is 12.8 Å². The van der Waals surface area contributed by atoms with E-state index in [1.165, 1.54) is 98.2 Å². The van der Waals surface area contributed by atoms with Crippen molar-refractivity contribution in [2.45, 2.75) is 170 Å². The molecule has 0 bridgehead atoms. The largest absolute Gasteiger partial charge is 0.405 e. The first-order chi connectivity index (χ1) is 30.0. The van der Waals surface area contributed by atoms with E-state index in [1.807, 2.05) is 93.0 Å². The Hall–Kier alpha value is -3.14. The Bertz CT molecular complexity index is 1840. The third-order valence-corrected chi connectivity index (χ3v) is 15.2. The molecular weight excluding hydrogens is 827 g/mol. The van der Waals surface area contributed by atoms with E-state index in [0.29, 0.717) is 17.6 Å². The fourth-order valence-electron chi connectivity index (χ4n) is 6.38. The first-order valence-corrected chi connectivity index (χ1v) is 26.9. The Balaban J connectivity index is 0.00000902. The van der Waals surface area contributed by atoms with E-state index in [4.69, 9.17) is 12.2 Å². The second-order valence-electron chi connectivity index (χ2n) is 15.1. The molecule has 0 saturated carbocycles.